The maximum Gasteiger partial charge on any atom is 0.349 e. The van der Waals surface area contributed by atoms with Gasteiger partial charge in [0, 0.05) is 18.0 Å². The minimum atomic E-state index is -2.21. The van der Waals surface area contributed by atoms with E-state index in [1.54, 1.807) is 12.1 Å². The quantitative estimate of drug-likeness (QED) is 0.259. The zero-order valence-corrected chi connectivity index (χ0v) is 23.2. The Bertz CT molecular complexity index is 1270. The average Bonchev–Trinajstić information content (AvgIpc) is 2.94. The number of ether oxygens (including phenoxy) is 2. The van der Waals surface area contributed by atoms with Crippen LogP contribution in [0.5, 0.6) is 0 Å². The van der Waals surface area contributed by atoms with Crippen LogP contribution in [-0.2, 0) is 19.1 Å². The Hall–Kier alpha value is -4.83. The molecule has 0 heterocycles. The molecule has 3 atom stereocenters. The normalized spacial score (nSPS) is 12.6. The number of hydrogen-bond acceptors (Lipinski definition) is 8. The Balaban J connectivity index is 0.000000333. The number of rotatable bonds is 11. The van der Waals surface area contributed by atoms with Crippen molar-refractivity contribution in [3.63, 3.8) is 0 Å². The predicted molar refractivity (Wildman–Crippen MR) is 150 cm³/mol. The van der Waals surface area contributed by atoms with E-state index in [4.69, 9.17) is 9.47 Å². The summed E-state index contributed by atoms with van der Waals surface area (Å²) in [4.78, 5) is 60.9. The van der Waals surface area contributed by atoms with Crippen molar-refractivity contribution in [1.29, 1.82) is 0 Å². The predicted octanol–water partition coefficient (Wildman–Crippen LogP) is 3.98. The standard InChI is InChI=1S/C18H14O8.C13H19NO/c19-15(20)13(25-17(23)11-7-3-1-4-8-11)14(16(21)22)26-18(24)12-9-5-2-6-10-12;1-10-6-5-7-12(8-10)13(15)11(2)9-14(3)4/h1-10,13-14H,(H,19,20)(H,21,22);5-8,11H,9H2,1-4H3/t13-,14-;11-/m10/s1. The topological polar surface area (TPSA) is 148 Å². The zero-order valence-electron chi connectivity index (χ0n) is 23.2. The fourth-order valence-electron chi connectivity index (χ4n) is 3.71. The van der Waals surface area contributed by atoms with Crippen LogP contribution in [0.3, 0.4) is 0 Å². The van der Waals surface area contributed by atoms with E-state index in [0.717, 1.165) is 17.7 Å². The molecule has 10 heteroatoms. The van der Waals surface area contributed by atoms with Crippen LogP contribution < -0.4 is 0 Å². The number of aryl methyl sites for hydroxylation is 1. The van der Waals surface area contributed by atoms with Crippen LogP contribution >= 0.6 is 0 Å². The molecule has 0 saturated heterocycles. The van der Waals surface area contributed by atoms with E-state index in [0.29, 0.717) is 0 Å². The Morgan fingerprint density at radius 2 is 1.10 bits per heavy atom. The molecule has 0 amide bonds. The molecule has 3 rings (SSSR count). The van der Waals surface area contributed by atoms with Crippen LogP contribution in [0.4, 0.5) is 0 Å². The van der Waals surface area contributed by atoms with E-state index in [-0.39, 0.29) is 22.8 Å². The first kappa shape index (κ1) is 32.4. The van der Waals surface area contributed by atoms with Crippen LogP contribution in [-0.4, -0.2) is 77.6 Å². The molecule has 0 radical (unpaired) electrons. The fraction of sp³-hybridized carbons (Fsp3) is 0.258. The molecule has 0 aliphatic carbocycles. The summed E-state index contributed by atoms with van der Waals surface area (Å²) in [6.45, 7) is 4.78. The van der Waals surface area contributed by atoms with Crippen LogP contribution in [0.2, 0.25) is 0 Å². The molecule has 0 aliphatic rings. The largest absolute Gasteiger partial charge is 0.478 e. The summed E-state index contributed by atoms with van der Waals surface area (Å²) in [5.41, 5.74) is 2.01. The SMILES string of the molecule is Cc1cccc(C(=O)[C@@H](C)CN(C)C)c1.O=C(O[C@@H](C(=O)O)[C@@H](OC(=O)c1ccccc1)C(=O)O)c1ccccc1. The Labute approximate surface area is 238 Å². The number of hydrogen-bond donors (Lipinski definition) is 2. The molecule has 2 N–H and O–H groups in total. The summed E-state index contributed by atoms with van der Waals surface area (Å²) < 4.78 is 9.52. The lowest BCUT2D eigenvalue weighted by Gasteiger charge is -2.21. The molecule has 3 aromatic rings. The lowest BCUT2D eigenvalue weighted by molar-refractivity contribution is -0.166. The minimum Gasteiger partial charge on any atom is -0.478 e. The molecule has 0 saturated carbocycles. The van der Waals surface area contributed by atoms with Gasteiger partial charge in [0.05, 0.1) is 11.1 Å². The minimum absolute atomic E-state index is 0.0253. The van der Waals surface area contributed by atoms with Gasteiger partial charge in [-0.15, -0.1) is 0 Å². The lowest BCUT2D eigenvalue weighted by atomic mass is 9.98. The number of benzene rings is 3. The van der Waals surface area contributed by atoms with Crippen molar-refractivity contribution < 1.29 is 43.7 Å². The van der Waals surface area contributed by atoms with Gasteiger partial charge in [0.2, 0.25) is 12.2 Å². The second kappa shape index (κ2) is 15.7. The third-order valence-corrected chi connectivity index (χ3v) is 5.64. The second-order valence-corrected chi connectivity index (χ2v) is 9.46. The highest BCUT2D eigenvalue weighted by Gasteiger charge is 2.41. The smallest absolute Gasteiger partial charge is 0.349 e. The molecular formula is C31H33NO9. The van der Waals surface area contributed by atoms with E-state index in [1.165, 1.54) is 48.5 Å². The number of esters is 2. The molecule has 0 bridgehead atoms. The second-order valence-electron chi connectivity index (χ2n) is 9.46. The van der Waals surface area contributed by atoms with Crippen molar-refractivity contribution >= 4 is 29.7 Å². The van der Waals surface area contributed by atoms with Gasteiger partial charge in [-0.3, -0.25) is 4.79 Å². The molecule has 10 nitrogen and oxygen atoms in total. The monoisotopic (exact) mass is 563 g/mol. The highest BCUT2D eigenvalue weighted by Crippen LogP contribution is 2.14. The first-order chi connectivity index (χ1) is 19.4. The van der Waals surface area contributed by atoms with Crippen LogP contribution in [0.1, 0.15) is 43.6 Å². The van der Waals surface area contributed by atoms with Gasteiger partial charge in [-0.1, -0.05) is 67.1 Å². The van der Waals surface area contributed by atoms with Gasteiger partial charge in [-0.2, -0.15) is 0 Å². The van der Waals surface area contributed by atoms with Crippen LogP contribution in [0.15, 0.2) is 84.9 Å². The first-order valence-corrected chi connectivity index (χ1v) is 12.6. The molecule has 0 unspecified atom stereocenters. The summed E-state index contributed by atoms with van der Waals surface area (Å²) in [5.74, 6) is -5.35. The van der Waals surface area contributed by atoms with Gasteiger partial charge in [-0.05, 0) is 51.4 Å². The highest BCUT2D eigenvalue weighted by atomic mass is 16.6. The van der Waals surface area contributed by atoms with Crippen molar-refractivity contribution in [3.05, 3.63) is 107 Å². The Morgan fingerprint density at radius 1 is 0.683 bits per heavy atom. The highest BCUT2D eigenvalue weighted by molar-refractivity contribution is 5.98. The van der Waals surface area contributed by atoms with Gasteiger partial charge in [0.25, 0.3) is 0 Å². The number of carboxylic acids is 2. The van der Waals surface area contributed by atoms with E-state index in [1.807, 2.05) is 57.1 Å². The van der Waals surface area contributed by atoms with Gasteiger partial charge in [0.1, 0.15) is 0 Å². The maximum atomic E-state index is 12.0. The molecule has 0 aromatic heterocycles. The van der Waals surface area contributed by atoms with Crippen molar-refractivity contribution in [3.8, 4) is 0 Å². The summed E-state index contributed by atoms with van der Waals surface area (Å²) in [5, 5.41) is 18.5. The Kier molecular flexibility index (Phi) is 12.4. The number of carboxylic acid groups (broad SMARTS) is 2. The molecule has 41 heavy (non-hydrogen) atoms. The van der Waals surface area contributed by atoms with Gasteiger partial charge < -0.3 is 24.6 Å². The maximum absolute atomic E-state index is 12.0. The Morgan fingerprint density at radius 3 is 1.46 bits per heavy atom. The van der Waals surface area contributed by atoms with Crippen LogP contribution in [0, 0.1) is 12.8 Å². The van der Waals surface area contributed by atoms with E-state index in [2.05, 4.69) is 0 Å². The van der Waals surface area contributed by atoms with Gasteiger partial charge >= 0.3 is 23.9 Å². The van der Waals surface area contributed by atoms with E-state index < -0.39 is 36.1 Å². The van der Waals surface area contributed by atoms with Gasteiger partial charge in [-0.25, -0.2) is 19.2 Å². The molecule has 3 aromatic carbocycles. The van der Waals surface area contributed by atoms with Crippen molar-refractivity contribution in [1.82, 2.24) is 4.90 Å². The number of nitrogens with zero attached hydrogens (tertiary/aromatic N) is 1. The number of Topliss-reactive ketones (excluding diaryl/α,β-unsaturated/α-hetero) is 1. The summed E-state index contributed by atoms with van der Waals surface area (Å²) in [6, 6.07) is 22.6. The third-order valence-electron chi connectivity index (χ3n) is 5.64. The zero-order chi connectivity index (χ0) is 30.5. The molecule has 0 aliphatic heterocycles. The number of carbonyl (C=O) groups excluding carboxylic acids is 3. The summed E-state index contributed by atoms with van der Waals surface area (Å²) >= 11 is 0. The van der Waals surface area contributed by atoms with E-state index >= 15 is 0 Å². The lowest BCUT2D eigenvalue weighted by Crippen LogP contribution is -2.45. The molecule has 216 valence electrons. The van der Waals surface area contributed by atoms with Crippen LogP contribution in [0.25, 0.3) is 0 Å². The number of aliphatic carboxylic acids is 2. The molecular weight excluding hydrogens is 530 g/mol. The van der Waals surface area contributed by atoms with E-state index in [9.17, 15) is 34.2 Å². The molecule has 0 fully saturated rings. The first-order valence-electron chi connectivity index (χ1n) is 12.6. The van der Waals surface area contributed by atoms with Crippen molar-refractivity contribution in [2.45, 2.75) is 26.1 Å². The molecule has 0 spiro atoms. The summed E-state index contributed by atoms with van der Waals surface area (Å²) in [6.07, 6.45) is -4.43. The fourth-order valence-corrected chi connectivity index (χ4v) is 3.71. The average molecular weight is 564 g/mol. The summed E-state index contributed by atoms with van der Waals surface area (Å²) in [7, 11) is 3.97. The van der Waals surface area contributed by atoms with Crippen molar-refractivity contribution in [2.75, 3.05) is 20.6 Å². The van der Waals surface area contributed by atoms with Gasteiger partial charge in [0.15, 0.2) is 5.78 Å². The number of carbonyl (C=O) groups is 5. The third kappa shape index (κ3) is 10.3. The number of ketones is 1. The van der Waals surface area contributed by atoms with Crippen molar-refractivity contribution in [2.24, 2.45) is 5.92 Å².